The van der Waals surface area contributed by atoms with E-state index in [1.807, 2.05) is 0 Å². The highest BCUT2D eigenvalue weighted by Crippen LogP contribution is 2.45. The Morgan fingerprint density at radius 1 is 1.14 bits per heavy atom. The molecular formula is C23H26F6N4O3S. The number of rotatable bonds is 7. The van der Waals surface area contributed by atoms with E-state index in [2.05, 4.69) is 15.3 Å². The Morgan fingerprint density at radius 3 is 2.38 bits per heavy atom. The van der Waals surface area contributed by atoms with Crippen LogP contribution in [0.3, 0.4) is 0 Å². The number of alkyl halides is 5. The molecule has 0 amide bonds. The van der Waals surface area contributed by atoms with Crippen molar-refractivity contribution in [2.75, 3.05) is 48.5 Å². The maximum Gasteiger partial charge on any atom is 0.416 e. The van der Waals surface area contributed by atoms with Gasteiger partial charge in [0.2, 0.25) is 5.82 Å². The SMILES string of the molecule is CS(=O)(=O)CC1(CNc2ncnc(N3CC(F)(F)CC3c3ccc(C(F)(F)F)cc3)c2F)CCOCC1. The summed E-state index contributed by atoms with van der Waals surface area (Å²) in [5.41, 5.74) is -1.50. The first-order chi connectivity index (χ1) is 17.2. The molecule has 2 fully saturated rings. The molecule has 7 nitrogen and oxygen atoms in total. The number of nitrogens with one attached hydrogen (secondary N) is 1. The van der Waals surface area contributed by atoms with Crippen molar-refractivity contribution in [2.24, 2.45) is 5.41 Å². The molecule has 3 heterocycles. The van der Waals surface area contributed by atoms with E-state index in [9.17, 15) is 30.4 Å². The second-order valence-corrected chi connectivity index (χ2v) is 11.9. The zero-order valence-electron chi connectivity index (χ0n) is 19.9. The standard InChI is InChI=1S/C23H26F6N4O3S/c1-37(34,35)13-21(6-8-36-9-7-21)11-30-19-18(24)20(32-14-31-19)33-12-22(25,26)10-17(33)15-2-4-16(5-3-15)23(27,28)29/h2-5,14,17H,6-13H2,1H3,(H,30,31,32). The van der Waals surface area contributed by atoms with Crippen LogP contribution >= 0.6 is 0 Å². The maximum atomic E-state index is 15.5. The Hall–Kier alpha value is -2.61. The van der Waals surface area contributed by atoms with Crippen LogP contribution in [0.1, 0.15) is 36.4 Å². The molecule has 0 saturated carbocycles. The van der Waals surface area contributed by atoms with Crippen molar-refractivity contribution in [1.82, 2.24) is 9.97 Å². The van der Waals surface area contributed by atoms with Crippen molar-refractivity contribution < 1.29 is 39.5 Å². The molecule has 0 bridgehead atoms. The van der Waals surface area contributed by atoms with Gasteiger partial charge in [-0.2, -0.15) is 17.6 Å². The summed E-state index contributed by atoms with van der Waals surface area (Å²) < 4.78 is 113. The lowest BCUT2D eigenvalue weighted by Gasteiger charge is -2.37. The number of hydrogen-bond acceptors (Lipinski definition) is 7. The third kappa shape index (κ3) is 6.46. The van der Waals surface area contributed by atoms with Gasteiger partial charge in [0.25, 0.3) is 5.92 Å². The van der Waals surface area contributed by atoms with Gasteiger partial charge in [-0.3, -0.25) is 0 Å². The minimum atomic E-state index is -4.59. The fourth-order valence-corrected chi connectivity index (χ4v) is 6.42. The molecule has 2 aliphatic rings. The van der Waals surface area contributed by atoms with Crippen molar-refractivity contribution in [3.63, 3.8) is 0 Å². The van der Waals surface area contributed by atoms with E-state index in [1.165, 1.54) is 0 Å². The first-order valence-electron chi connectivity index (χ1n) is 11.5. The summed E-state index contributed by atoms with van der Waals surface area (Å²) in [6, 6.07) is 2.66. The number of nitrogens with zero attached hydrogens (tertiary/aromatic N) is 3. The highest BCUT2D eigenvalue weighted by Gasteiger charge is 2.47. The molecule has 37 heavy (non-hydrogen) atoms. The molecule has 4 rings (SSSR count). The molecule has 2 aromatic rings. The summed E-state index contributed by atoms with van der Waals surface area (Å²) >= 11 is 0. The van der Waals surface area contributed by atoms with E-state index in [0.29, 0.717) is 26.1 Å². The van der Waals surface area contributed by atoms with Gasteiger partial charge >= 0.3 is 6.18 Å². The number of sulfone groups is 1. The lowest BCUT2D eigenvalue weighted by atomic mass is 9.82. The second kappa shape index (κ2) is 9.93. The number of benzene rings is 1. The first-order valence-corrected chi connectivity index (χ1v) is 13.6. The molecule has 0 radical (unpaired) electrons. The maximum absolute atomic E-state index is 15.5. The molecule has 2 aliphatic heterocycles. The molecule has 0 aliphatic carbocycles. The largest absolute Gasteiger partial charge is 0.416 e. The lowest BCUT2D eigenvalue weighted by Crippen LogP contribution is -2.41. The molecule has 1 atom stereocenters. The average Bonchev–Trinajstić information content (AvgIpc) is 3.12. The topological polar surface area (TPSA) is 84.4 Å². The van der Waals surface area contributed by atoms with E-state index >= 15 is 4.39 Å². The highest BCUT2D eigenvalue weighted by molar-refractivity contribution is 7.90. The fraction of sp³-hybridized carbons (Fsp3) is 0.565. The lowest BCUT2D eigenvalue weighted by molar-refractivity contribution is -0.137. The smallest absolute Gasteiger partial charge is 0.381 e. The van der Waals surface area contributed by atoms with Gasteiger partial charge in [0.05, 0.1) is 23.9 Å². The minimum absolute atomic E-state index is 0.0509. The summed E-state index contributed by atoms with van der Waals surface area (Å²) in [7, 11) is -3.37. The Morgan fingerprint density at radius 2 is 1.78 bits per heavy atom. The number of hydrogen-bond donors (Lipinski definition) is 1. The van der Waals surface area contributed by atoms with Crippen LogP contribution in [-0.2, 0) is 20.8 Å². The first kappa shape index (κ1) is 27.4. The number of ether oxygens (including phenoxy) is 1. The van der Waals surface area contributed by atoms with Crippen LogP contribution in [0.25, 0.3) is 0 Å². The van der Waals surface area contributed by atoms with Crippen LogP contribution in [0, 0.1) is 11.2 Å². The van der Waals surface area contributed by atoms with Crippen molar-refractivity contribution in [2.45, 2.75) is 37.4 Å². The van der Waals surface area contributed by atoms with Gasteiger partial charge < -0.3 is 15.0 Å². The minimum Gasteiger partial charge on any atom is -0.381 e. The summed E-state index contributed by atoms with van der Waals surface area (Å²) in [6.45, 7) is -0.157. The Bertz CT molecular complexity index is 1220. The highest BCUT2D eigenvalue weighted by atomic mass is 32.2. The van der Waals surface area contributed by atoms with Gasteiger partial charge in [-0.05, 0) is 30.5 Å². The van der Waals surface area contributed by atoms with E-state index in [1.54, 1.807) is 0 Å². The van der Waals surface area contributed by atoms with Crippen molar-refractivity contribution in [3.05, 3.63) is 47.5 Å². The van der Waals surface area contributed by atoms with Crippen LogP contribution in [0.5, 0.6) is 0 Å². The summed E-state index contributed by atoms with van der Waals surface area (Å²) in [4.78, 5) is 8.76. The quantitative estimate of drug-likeness (QED) is 0.508. The third-order valence-electron chi connectivity index (χ3n) is 6.69. The van der Waals surface area contributed by atoms with Crippen LogP contribution in [-0.4, -0.2) is 62.6 Å². The van der Waals surface area contributed by atoms with Crippen molar-refractivity contribution >= 4 is 21.5 Å². The van der Waals surface area contributed by atoms with Crippen LogP contribution in [0.4, 0.5) is 38.0 Å². The van der Waals surface area contributed by atoms with Gasteiger partial charge in [0.1, 0.15) is 16.2 Å². The second-order valence-electron chi connectivity index (χ2n) is 9.72. The average molecular weight is 553 g/mol. The zero-order valence-corrected chi connectivity index (χ0v) is 20.7. The zero-order chi connectivity index (χ0) is 27.1. The van der Waals surface area contributed by atoms with E-state index < -0.39 is 63.6 Å². The molecule has 2 saturated heterocycles. The predicted octanol–water partition coefficient (Wildman–Crippen LogP) is 4.47. The summed E-state index contributed by atoms with van der Waals surface area (Å²) in [5.74, 6) is -5.11. The van der Waals surface area contributed by atoms with Gasteiger partial charge in [0.15, 0.2) is 11.6 Å². The number of halogens is 6. The molecule has 1 unspecified atom stereocenters. The molecule has 14 heteroatoms. The van der Waals surface area contributed by atoms with Gasteiger partial charge in [-0.25, -0.2) is 27.2 Å². The molecule has 1 N–H and O–H groups in total. The van der Waals surface area contributed by atoms with Gasteiger partial charge in [0, 0.05) is 37.9 Å². The Balaban J connectivity index is 1.60. The predicted molar refractivity (Wildman–Crippen MR) is 124 cm³/mol. The summed E-state index contributed by atoms with van der Waals surface area (Å²) in [6.07, 6.45) is -2.38. The molecular weight excluding hydrogens is 526 g/mol. The Labute approximate surface area is 210 Å². The van der Waals surface area contributed by atoms with Crippen LogP contribution in [0.15, 0.2) is 30.6 Å². The van der Waals surface area contributed by atoms with Crippen molar-refractivity contribution in [3.8, 4) is 0 Å². The number of anilines is 2. The van der Waals surface area contributed by atoms with E-state index in [4.69, 9.17) is 4.74 Å². The molecule has 1 aromatic carbocycles. The molecule has 0 spiro atoms. The monoisotopic (exact) mass is 552 g/mol. The van der Waals surface area contributed by atoms with Gasteiger partial charge in [-0.15, -0.1) is 0 Å². The Kier molecular flexibility index (Phi) is 7.36. The van der Waals surface area contributed by atoms with Crippen LogP contribution in [0.2, 0.25) is 0 Å². The van der Waals surface area contributed by atoms with Gasteiger partial charge in [-0.1, -0.05) is 12.1 Å². The summed E-state index contributed by atoms with van der Waals surface area (Å²) in [5, 5.41) is 2.82. The van der Waals surface area contributed by atoms with E-state index in [-0.39, 0.29) is 23.7 Å². The number of aromatic nitrogens is 2. The van der Waals surface area contributed by atoms with E-state index in [0.717, 1.165) is 41.7 Å². The third-order valence-corrected chi connectivity index (χ3v) is 7.83. The molecule has 204 valence electrons. The van der Waals surface area contributed by atoms with Crippen molar-refractivity contribution in [1.29, 1.82) is 0 Å². The fourth-order valence-electron chi connectivity index (χ4n) is 4.92. The van der Waals surface area contributed by atoms with Crippen LogP contribution < -0.4 is 10.2 Å². The normalized spacial score (nSPS) is 21.7. The molecule has 1 aromatic heterocycles.